The van der Waals surface area contributed by atoms with Crippen LogP contribution in [0.2, 0.25) is 0 Å². The molecule has 0 spiro atoms. The van der Waals surface area contributed by atoms with Crippen LogP contribution in [0.3, 0.4) is 0 Å². The lowest BCUT2D eigenvalue weighted by atomic mass is 9.98. The Morgan fingerprint density at radius 1 is 0.714 bits per heavy atom. The van der Waals surface area contributed by atoms with Crippen LogP contribution in [0.15, 0.2) is 48.5 Å². The van der Waals surface area contributed by atoms with Gasteiger partial charge < -0.3 is 18.9 Å². The van der Waals surface area contributed by atoms with Crippen molar-refractivity contribution in [2.75, 3.05) is 21.3 Å². The molecule has 0 saturated heterocycles. The number of rotatable bonds is 6. The number of carbonyl (C=O) groups excluding carboxylic acids is 2. The summed E-state index contributed by atoms with van der Waals surface area (Å²) in [5.41, 5.74) is 0.650. The molecular weight excluding hydrogens is 360 g/mol. The second-order valence-corrected chi connectivity index (χ2v) is 6.05. The van der Waals surface area contributed by atoms with Gasteiger partial charge in [-0.2, -0.15) is 0 Å². The van der Waals surface area contributed by atoms with E-state index in [0.29, 0.717) is 22.8 Å². The van der Waals surface area contributed by atoms with Crippen molar-refractivity contribution in [2.45, 2.75) is 6.92 Å². The summed E-state index contributed by atoms with van der Waals surface area (Å²) in [5, 5.41) is 1.84. The van der Waals surface area contributed by atoms with E-state index in [2.05, 4.69) is 0 Å². The minimum absolute atomic E-state index is 0.112. The minimum atomic E-state index is -0.537. The van der Waals surface area contributed by atoms with E-state index in [1.54, 1.807) is 19.2 Å². The van der Waals surface area contributed by atoms with Crippen molar-refractivity contribution in [3.05, 3.63) is 59.7 Å². The summed E-state index contributed by atoms with van der Waals surface area (Å²) in [6, 6.07) is 14.0. The van der Waals surface area contributed by atoms with Gasteiger partial charge in [-0.25, -0.2) is 0 Å². The molecule has 3 rings (SSSR count). The van der Waals surface area contributed by atoms with Gasteiger partial charge in [0.2, 0.25) is 0 Å². The molecule has 0 radical (unpaired) electrons. The fraction of sp³-hybridized carbons (Fsp3) is 0.182. The highest BCUT2D eigenvalue weighted by Gasteiger charge is 2.21. The highest BCUT2D eigenvalue weighted by atomic mass is 16.5. The minimum Gasteiger partial charge on any atom is -0.497 e. The molecule has 0 saturated carbocycles. The number of ether oxygens (including phenoxy) is 4. The average molecular weight is 380 g/mol. The summed E-state index contributed by atoms with van der Waals surface area (Å²) in [5.74, 6) is 0.693. The van der Waals surface area contributed by atoms with E-state index in [1.807, 2.05) is 24.3 Å². The first-order chi connectivity index (χ1) is 13.5. The van der Waals surface area contributed by atoms with Crippen molar-refractivity contribution < 1.29 is 28.5 Å². The molecule has 0 aliphatic rings. The monoisotopic (exact) mass is 380 g/mol. The van der Waals surface area contributed by atoms with Gasteiger partial charge in [0.1, 0.15) is 11.5 Å². The number of carbonyl (C=O) groups is 2. The Kier molecular flexibility index (Phi) is 5.49. The first-order valence-corrected chi connectivity index (χ1v) is 8.53. The topological polar surface area (TPSA) is 71.1 Å². The third-order valence-corrected chi connectivity index (χ3v) is 4.29. The van der Waals surface area contributed by atoms with Gasteiger partial charge in [0.15, 0.2) is 17.3 Å². The molecule has 0 heterocycles. The van der Waals surface area contributed by atoms with Gasteiger partial charge in [0.25, 0.3) is 0 Å². The zero-order chi connectivity index (χ0) is 20.3. The summed E-state index contributed by atoms with van der Waals surface area (Å²) in [7, 11) is 4.53. The van der Waals surface area contributed by atoms with E-state index in [0.717, 1.165) is 10.8 Å². The molecule has 6 heteroatoms. The first kappa shape index (κ1) is 19.2. The second kappa shape index (κ2) is 8.00. The number of benzene rings is 3. The normalized spacial score (nSPS) is 10.4. The van der Waals surface area contributed by atoms with Crippen molar-refractivity contribution >= 4 is 22.5 Å². The molecule has 144 valence electrons. The predicted octanol–water partition coefficient (Wildman–Crippen LogP) is 4.02. The van der Waals surface area contributed by atoms with Crippen molar-refractivity contribution in [3.8, 4) is 23.0 Å². The van der Waals surface area contributed by atoms with Crippen LogP contribution in [-0.4, -0.2) is 33.1 Å². The molecule has 6 nitrogen and oxygen atoms in total. The zero-order valence-electron chi connectivity index (χ0n) is 16.1. The van der Waals surface area contributed by atoms with Crippen molar-refractivity contribution in [1.82, 2.24) is 0 Å². The van der Waals surface area contributed by atoms with Crippen LogP contribution < -0.4 is 18.9 Å². The Hall–Kier alpha value is -3.54. The number of fused-ring (bicyclic) bond motifs is 1. The lowest BCUT2D eigenvalue weighted by Gasteiger charge is -2.14. The van der Waals surface area contributed by atoms with Crippen LogP contribution in [-0.2, 0) is 4.79 Å². The standard InChI is InChI=1S/C22H20O6/c1-13(23)28-19-12-21(27-4)20(26-3)11-18(19)22(24)15-6-5-14-7-8-17(25-2)10-16(14)9-15/h5-12H,1-4H3. The van der Waals surface area contributed by atoms with Gasteiger partial charge in [-0.3, -0.25) is 9.59 Å². The van der Waals surface area contributed by atoms with Gasteiger partial charge in [-0.05, 0) is 35.0 Å². The SMILES string of the molecule is COc1ccc2ccc(C(=O)c3cc(OC)c(OC)cc3OC(C)=O)cc2c1. The molecule has 28 heavy (non-hydrogen) atoms. The molecule has 3 aromatic rings. The number of methoxy groups -OCH3 is 3. The summed E-state index contributed by atoms with van der Waals surface area (Å²) < 4.78 is 21.0. The van der Waals surface area contributed by atoms with Crippen LogP contribution in [0, 0.1) is 0 Å². The lowest BCUT2D eigenvalue weighted by Crippen LogP contribution is -2.10. The number of hydrogen-bond donors (Lipinski definition) is 0. The predicted molar refractivity (Wildman–Crippen MR) is 105 cm³/mol. The zero-order valence-corrected chi connectivity index (χ0v) is 16.1. The molecule has 0 amide bonds. The van der Waals surface area contributed by atoms with Gasteiger partial charge in [0, 0.05) is 18.6 Å². The molecule has 0 fully saturated rings. The summed E-state index contributed by atoms with van der Waals surface area (Å²) in [6.07, 6.45) is 0. The van der Waals surface area contributed by atoms with Crippen LogP contribution in [0.25, 0.3) is 10.8 Å². The van der Waals surface area contributed by atoms with Crippen molar-refractivity contribution in [1.29, 1.82) is 0 Å². The maximum Gasteiger partial charge on any atom is 0.308 e. The van der Waals surface area contributed by atoms with Crippen molar-refractivity contribution in [3.63, 3.8) is 0 Å². The van der Waals surface area contributed by atoms with E-state index < -0.39 is 5.97 Å². The molecule has 0 bridgehead atoms. The van der Waals surface area contributed by atoms with E-state index >= 15 is 0 Å². The van der Waals surface area contributed by atoms with Gasteiger partial charge >= 0.3 is 5.97 Å². The number of ketones is 1. The number of hydrogen-bond acceptors (Lipinski definition) is 6. The lowest BCUT2D eigenvalue weighted by molar-refractivity contribution is -0.131. The Morgan fingerprint density at radius 2 is 1.39 bits per heavy atom. The molecule has 0 aliphatic carbocycles. The Morgan fingerprint density at radius 3 is 2.04 bits per heavy atom. The molecule has 0 aromatic heterocycles. The van der Waals surface area contributed by atoms with E-state index in [1.165, 1.54) is 33.3 Å². The summed E-state index contributed by atoms with van der Waals surface area (Å²) in [4.78, 5) is 24.7. The maximum absolute atomic E-state index is 13.2. The van der Waals surface area contributed by atoms with E-state index in [9.17, 15) is 9.59 Å². The Bertz CT molecular complexity index is 1050. The Balaban J connectivity index is 2.12. The molecule has 0 N–H and O–H groups in total. The maximum atomic E-state index is 13.2. The fourth-order valence-corrected chi connectivity index (χ4v) is 2.93. The quantitative estimate of drug-likeness (QED) is 0.365. The highest BCUT2D eigenvalue weighted by molar-refractivity contribution is 6.13. The van der Waals surface area contributed by atoms with Crippen LogP contribution in [0.4, 0.5) is 0 Å². The average Bonchev–Trinajstić information content (AvgIpc) is 2.71. The summed E-state index contributed by atoms with van der Waals surface area (Å²) in [6.45, 7) is 1.27. The van der Waals surface area contributed by atoms with Crippen molar-refractivity contribution in [2.24, 2.45) is 0 Å². The molecule has 0 aliphatic heterocycles. The highest BCUT2D eigenvalue weighted by Crippen LogP contribution is 2.36. The number of esters is 1. The third-order valence-electron chi connectivity index (χ3n) is 4.29. The largest absolute Gasteiger partial charge is 0.497 e. The first-order valence-electron chi connectivity index (χ1n) is 8.53. The summed E-state index contributed by atoms with van der Waals surface area (Å²) >= 11 is 0. The van der Waals surface area contributed by atoms with Gasteiger partial charge in [-0.15, -0.1) is 0 Å². The van der Waals surface area contributed by atoms with Crippen LogP contribution in [0.5, 0.6) is 23.0 Å². The molecule has 0 atom stereocenters. The smallest absolute Gasteiger partial charge is 0.308 e. The van der Waals surface area contributed by atoms with E-state index in [-0.39, 0.29) is 17.1 Å². The third kappa shape index (κ3) is 3.76. The van der Waals surface area contributed by atoms with Gasteiger partial charge in [-0.1, -0.05) is 18.2 Å². The second-order valence-electron chi connectivity index (χ2n) is 6.05. The fourth-order valence-electron chi connectivity index (χ4n) is 2.93. The Labute approximate surface area is 162 Å². The van der Waals surface area contributed by atoms with Crippen LogP contribution in [0.1, 0.15) is 22.8 Å². The molecule has 3 aromatic carbocycles. The van der Waals surface area contributed by atoms with Crippen LogP contribution >= 0.6 is 0 Å². The molecular formula is C22H20O6. The van der Waals surface area contributed by atoms with E-state index in [4.69, 9.17) is 18.9 Å². The molecule has 0 unspecified atom stereocenters. The van der Waals surface area contributed by atoms with Gasteiger partial charge in [0.05, 0.1) is 26.9 Å².